The average Bonchev–Trinajstić information content (AvgIpc) is 3.72. The summed E-state index contributed by atoms with van der Waals surface area (Å²) in [7, 11) is 3.88. The largest absolute Gasteiger partial charge is 2.00 e. The quantitative estimate of drug-likeness (QED) is 0.142. The first kappa shape index (κ1) is 45.1. The van der Waals surface area contributed by atoms with E-state index < -0.39 is 6.85 Å². The first-order chi connectivity index (χ1) is 33.5. The summed E-state index contributed by atoms with van der Waals surface area (Å²) in [5.74, 6) is 1.11. The molecule has 69 heavy (non-hydrogen) atoms. The van der Waals surface area contributed by atoms with Crippen LogP contribution in [0.15, 0.2) is 152 Å². The number of fused-ring (bicyclic) bond motifs is 1. The van der Waals surface area contributed by atoms with Crippen molar-refractivity contribution in [3.63, 3.8) is 0 Å². The van der Waals surface area contributed by atoms with E-state index in [-0.39, 0.29) is 42.9 Å². The molecule has 0 N–H and O–H groups in total. The Balaban J connectivity index is 0.00000693. The summed E-state index contributed by atoms with van der Waals surface area (Å²) in [6.07, 6.45) is 1.87. The zero-order valence-corrected chi connectivity index (χ0v) is 44.0. The number of aromatic nitrogens is 3. The number of benzene rings is 7. The molecular formula is C64H63N3OPt. The van der Waals surface area contributed by atoms with Crippen LogP contribution in [-0.2, 0) is 37.3 Å². The van der Waals surface area contributed by atoms with Crippen molar-refractivity contribution in [2.24, 2.45) is 0 Å². The molecule has 0 fully saturated rings. The van der Waals surface area contributed by atoms with Crippen LogP contribution in [0.4, 0.5) is 0 Å². The van der Waals surface area contributed by atoms with Crippen LogP contribution < -0.4 is 4.74 Å². The second-order valence-electron chi connectivity index (χ2n) is 21.4. The molecule has 0 aliphatic rings. The zero-order valence-electron chi connectivity index (χ0n) is 44.7. The number of nitrogens with zero attached hydrogens (tertiary/aromatic N) is 3. The molecule has 0 aliphatic heterocycles. The maximum atomic E-state index is 9.12. The molecule has 0 unspecified atom stereocenters. The third-order valence-corrected chi connectivity index (χ3v) is 13.1. The van der Waals surface area contributed by atoms with Gasteiger partial charge >= 0.3 is 21.1 Å². The van der Waals surface area contributed by atoms with Gasteiger partial charge in [-0.1, -0.05) is 177 Å². The minimum absolute atomic E-state index is 0. The van der Waals surface area contributed by atoms with Crippen LogP contribution in [0.2, 0.25) is 0 Å². The fourth-order valence-electron chi connectivity index (χ4n) is 9.15. The van der Waals surface area contributed by atoms with Crippen LogP contribution in [0.3, 0.4) is 0 Å². The van der Waals surface area contributed by atoms with E-state index in [2.05, 4.69) is 173 Å². The summed E-state index contributed by atoms with van der Waals surface area (Å²) in [5, 5.41) is 0. The van der Waals surface area contributed by atoms with E-state index in [1.807, 2.05) is 73.1 Å². The Labute approximate surface area is 429 Å². The first-order valence-electron chi connectivity index (χ1n) is 25.0. The molecule has 2 aromatic heterocycles. The molecule has 0 atom stereocenters. The summed E-state index contributed by atoms with van der Waals surface area (Å²) in [4.78, 5) is 10.4. The molecule has 0 amide bonds. The topological polar surface area (TPSA) is 39.9 Å². The minimum Gasteiger partial charge on any atom is -0.665 e. The van der Waals surface area contributed by atoms with Gasteiger partial charge in [0.05, 0.1) is 28.0 Å². The Hall–Kier alpha value is -6.35. The van der Waals surface area contributed by atoms with Crippen LogP contribution in [-0.4, -0.2) is 14.5 Å². The van der Waals surface area contributed by atoms with Crippen LogP contribution in [0.25, 0.3) is 83.9 Å². The molecule has 2 heterocycles. The number of aryl methyl sites for hydroxylation is 3. The van der Waals surface area contributed by atoms with Gasteiger partial charge in [-0.3, -0.25) is 9.55 Å². The number of pyridine rings is 1. The third kappa shape index (κ3) is 9.93. The van der Waals surface area contributed by atoms with E-state index in [4.69, 9.17) is 18.8 Å². The van der Waals surface area contributed by atoms with Crippen molar-refractivity contribution < 1.29 is 29.9 Å². The van der Waals surface area contributed by atoms with Crippen LogP contribution in [0.1, 0.15) is 99.8 Å². The predicted octanol–water partition coefficient (Wildman–Crippen LogP) is 17.2. The Kier molecular flexibility index (Phi) is 12.3. The van der Waals surface area contributed by atoms with Crippen molar-refractivity contribution in [3.8, 4) is 78.6 Å². The standard InChI is InChI=1S/C64H63N3O.Pt/c1-40-30-42(3)60(68-13)55(31-40)61-66-59-54(20-17-21-58(59)67(61)57-27-26-46(32-41(57)2)48-34-52(63(7,8)9)39-53(35-48)64(10,11)12)49-33-50(37-51(36-49)62(4,5)6)56-38-47(28-29-65-56)45-24-22-44(23-25-45)43-18-15-14-16-19-43;/h14-32,34-39H,13H2,1-12H3;/q-2;+2/i2D3;. The summed E-state index contributed by atoms with van der Waals surface area (Å²) in [5.41, 5.74) is 17.5. The normalized spacial score (nSPS) is 12.8. The smallest absolute Gasteiger partial charge is 0.665 e. The Bertz CT molecular complexity index is 3430. The Morgan fingerprint density at radius 2 is 1.14 bits per heavy atom. The maximum Gasteiger partial charge on any atom is 2.00 e. The van der Waals surface area contributed by atoms with E-state index in [1.165, 1.54) is 16.7 Å². The molecule has 0 bridgehead atoms. The van der Waals surface area contributed by atoms with Gasteiger partial charge in [-0.15, -0.1) is 29.3 Å². The fourth-order valence-corrected chi connectivity index (χ4v) is 9.15. The van der Waals surface area contributed by atoms with Gasteiger partial charge in [-0.25, -0.2) is 4.98 Å². The monoisotopic (exact) mass is 1090 g/mol. The molecular weight excluding hydrogens is 1020 g/mol. The van der Waals surface area contributed by atoms with Crippen molar-refractivity contribution in [1.29, 1.82) is 0 Å². The van der Waals surface area contributed by atoms with Gasteiger partial charge in [0.1, 0.15) is 5.82 Å². The van der Waals surface area contributed by atoms with E-state index in [0.29, 0.717) is 28.3 Å². The number of ether oxygens (including phenoxy) is 1. The predicted molar refractivity (Wildman–Crippen MR) is 287 cm³/mol. The number of hydrogen-bond acceptors (Lipinski definition) is 3. The van der Waals surface area contributed by atoms with Crippen LogP contribution in [0.5, 0.6) is 5.75 Å². The summed E-state index contributed by atoms with van der Waals surface area (Å²) in [6.45, 7) is 21.5. The molecule has 9 rings (SSSR count). The van der Waals surface area contributed by atoms with E-state index in [1.54, 1.807) is 0 Å². The van der Waals surface area contributed by atoms with Crippen molar-refractivity contribution >= 4 is 11.0 Å². The van der Waals surface area contributed by atoms with Crippen LogP contribution >= 0.6 is 0 Å². The molecule has 0 aliphatic carbocycles. The van der Waals surface area contributed by atoms with Gasteiger partial charge < -0.3 is 4.74 Å². The molecule has 0 radical (unpaired) electrons. The Morgan fingerprint density at radius 3 is 1.78 bits per heavy atom. The molecule has 4 nitrogen and oxygen atoms in total. The number of imidazole rings is 1. The van der Waals surface area contributed by atoms with Gasteiger partial charge in [0, 0.05) is 16.0 Å². The molecule has 0 saturated carbocycles. The maximum absolute atomic E-state index is 9.12. The fraction of sp³-hybridized carbons (Fsp3) is 0.234. The second-order valence-corrected chi connectivity index (χ2v) is 21.4. The zero-order chi connectivity index (χ0) is 50.8. The van der Waals surface area contributed by atoms with Crippen molar-refractivity contribution in [3.05, 3.63) is 198 Å². The van der Waals surface area contributed by atoms with Gasteiger partial charge in [0.25, 0.3) is 0 Å². The molecule has 5 heteroatoms. The van der Waals surface area contributed by atoms with Crippen LogP contribution in [0, 0.1) is 33.9 Å². The first-order valence-corrected chi connectivity index (χ1v) is 23.5. The summed E-state index contributed by atoms with van der Waals surface area (Å²) in [6, 6.07) is 54.2. The molecule has 9 aromatic rings. The summed E-state index contributed by atoms with van der Waals surface area (Å²) >= 11 is 0. The van der Waals surface area contributed by atoms with E-state index in [9.17, 15) is 0 Å². The molecule has 0 saturated heterocycles. The Morgan fingerprint density at radius 1 is 0.551 bits per heavy atom. The van der Waals surface area contributed by atoms with Crippen molar-refractivity contribution in [2.45, 2.75) is 99.3 Å². The van der Waals surface area contributed by atoms with E-state index >= 15 is 0 Å². The molecule has 0 spiro atoms. The molecule has 350 valence electrons. The second kappa shape index (κ2) is 18.9. The van der Waals surface area contributed by atoms with Gasteiger partial charge in [0.2, 0.25) is 0 Å². The minimum atomic E-state index is -2.49. The number of para-hydroxylation sites is 1. The third-order valence-electron chi connectivity index (χ3n) is 13.1. The SMILES string of the molecule is [2H]C([2H])([2H])c1cc(-c2cc(C(C)(C)C)cc(C(C)(C)C)c2)ccc1-n1c(-c2cc(C)cc(C)c2O[CH2-])nc2c(-c3[c-]c(-c4cc(-c5ccc(-c6ccccc6)cc5)ccn4)cc(C(C)(C)C)c3)cccc21.[Pt+2]. The number of hydrogen-bond donors (Lipinski definition) is 0. The molecule has 7 aromatic carbocycles. The van der Waals surface area contributed by atoms with E-state index in [0.717, 1.165) is 72.4 Å². The van der Waals surface area contributed by atoms with Gasteiger partial charge in [0.15, 0.2) is 0 Å². The van der Waals surface area contributed by atoms with Crippen molar-refractivity contribution in [1.82, 2.24) is 14.5 Å². The van der Waals surface area contributed by atoms with Crippen molar-refractivity contribution in [2.75, 3.05) is 0 Å². The number of rotatable bonds is 8. The average molecular weight is 1090 g/mol. The summed E-state index contributed by atoms with van der Waals surface area (Å²) < 4.78 is 35.3. The van der Waals surface area contributed by atoms with Gasteiger partial charge in [-0.2, -0.15) is 7.11 Å². The van der Waals surface area contributed by atoms with Gasteiger partial charge in [-0.05, 0) is 128 Å².